The monoisotopic (exact) mass is 116 g/mol. The Morgan fingerprint density at radius 2 is 1.62 bits per heavy atom. The zero-order chi connectivity index (χ0) is 5.98. The van der Waals surface area contributed by atoms with E-state index in [4.69, 9.17) is 0 Å². The second-order valence-electron chi connectivity index (χ2n) is 1.80. The van der Waals surface area contributed by atoms with E-state index in [0.717, 1.165) is 5.56 Å². The van der Waals surface area contributed by atoms with Gasteiger partial charge >= 0.3 is 0 Å². The summed E-state index contributed by atoms with van der Waals surface area (Å²) in [5.74, 6) is -0.171. The highest BCUT2D eigenvalue weighted by Crippen LogP contribution is 1.98. The van der Waals surface area contributed by atoms with Crippen molar-refractivity contribution in [3.05, 3.63) is 35.6 Å². The molecule has 0 N–H and O–H groups in total. The van der Waals surface area contributed by atoms with E-state index < -0.39 is 0 Å². The van der Waals surface area contributed by atoms with Crippen LogP contribution in [0.5, 0.6) is 0 Å². The zero-order valence-corrected chi connectivity index (χ0v) is 4.69. The Labute approximate surface area is 48.0 Å². The van der Waals surface area contributed by atoms with Crippen molar-refractivity contribution in [2.75, 3.05) is 0 Å². The quantitative estimate of drug-likeness (QED) is 0.487. The lowest BCUT2D eigenvalue weighted by Gasteiger charge is -1.87. The number of halogens is 1. The molecule has 0 heterocycles. The molecule has 0 atom stereocenters. The molecule has 0 bridgehead atoms. The van der Waals surface area contributed by atoms with Crippen molar-refractivity contribution in [2.45, 2.75) is 6.92 Å². The van der Waals surface area contributed by atoms with Crippen LogP contribution in [0.2, 0.25) is 0 Å². The van der Waals surface area contributed by atoms with E-state index in [9.17, 15) is 4.39 Å². The first-order chi connectivity index (χ1) is 3.79. The molecule has 0 saturated carbocycles. The summed E-state index contributed by atoms with van der Waals surface area (Å²) >= 11 is 0. The minimum absolute atomic E-state index is 0.171. The van der Waals surface area contributed by atoms with Gasteiger partial charge in [0.1, 0.15) is 5.82 Å². The van der Waals surface area contributed by atoms with Gasteiger partial charge in [-0.2, -0.15) is 0 Å². The molecule has 0 nitrogen and oxygen atoms in total. The van der Waals surface area contributed by atoms with Crippen LogP contribution >= 0.6 is 0 Å². The lowest BCUT2D eigenvalue weighted by atomic mass is 11.0. The molecule has 0 aromatic heterocycles. The minimum atomic E-state index is -0.171. The summed E-state index contributed by atoms with van der Waals surface area (Å²) in [6.45, 7) is 1.93. The molecule has 1 aromatic rings. The number of rotatable bonds is 0. The average molecular weight is 116 g/mol. The Kier molecular flexibility index (Phi) is 1.29. The normalized spacial score (nSPS) is 9.25. The molecule has 0 unspecified atom stereocenters. The topological polar surface area (TPSA) is 0 Å². The van der Waals surface area contributed by atoms with Crippen molar-refractivity contribution in [3.8, 4) is 0 Å². The van der Waals surface area contributed by atoms with Gasteiger partial charge in [0.25, 0.3) is 0 Å². The summed E-state index contributed by atoms with van der Waals surface area (Å²) in [7, 11) is 0. The lowest BCUT2D eigenvalue weighted by Crippen LogP contribution is -1.71. The van der Waals surface area contributed by atoms with E-state index in [2.05, 4.69) is 0 Å². The van der Waals surface area contributed by atoms with E-state index >= 15 is 0 Å². The molecule has 1 aromatic carbocycles. The van der Waals surface area contributed by atoms with Gasteiger partial charge in [-0.3, -0.25) is 0 Å². The molecular weight excluding hydrogens is 109 g/mol. The van der Waals surface area contributed by atoms with Gasteiger partial charge in [0.2, 0.25) is 0 Å². The molecule has 0 saturated heterocycles. The highest BCUT2D eigenvalue weighted by Gasteiger charge is 1.83. The van der Waals surface area contributed by atoms with Crippen LogP contribution in [-0.4, -0.2) is 0 Å². The standard InChI is InChI=1S/C7H7F/c1-6-2-4-7(8)5-3-6/h2-5H,1H3/i2+1,3+1,4+1,5+1,6+1,7+1. The fraction of sp³-hybridized carbons (Fsp3) is 0.143. The molecule has 42 valence electrons. The van der Waals surface area contributed by atoms with Crippen molar-refractivity contribution < 1.29 is 4.39 Å². The van der Waals surface area contributed by atoms with Gasteiger partial charge in [0, 0.05) is 0 Å². The number of hydrogen-bond acceptors (Lipinski definition) is 0. The first kappa shape index (κ1) is 5.29. The highest BCUT2D eigenvalue weighted by molar-refractivity contribution is 5.13. The van der Waals surface area contributed by atoms with Crippen molar-refractivity contribution in [1.82, 2.24) is 0 Å². The summed E-state index contributed by atoms with van der Waals surface area (Å²) in [6, 6.07) is 6.40. The summed E-state index contributed by atoms with van der Waals surface area (Å²) in [5.41, 5.74) is 1.09. The zero-order valence-electron chi connectivity index (χ0n) is 4.69. The highest BCUT2D eigenvalue weighted by atomic mass is 19.2. The molecule has 0 aliphatic heterocycles. The second kappa shape index (κ2) is 1.95. The fourth-order valence-corrected chi connectivity index (χ4v) is 0.533. The lowest BCUT2D eigenvalue weighted by molar-refractivity contribution is 0.627. The second-order valence-corrected chi connectivity index (χ2v) is 1.80. The molecule has 1 rings (SSSR count). The van der Waals surface area contributed by atoms with Crippen LogP contribution in [0.4, 0.5) is 4.39 Å². The van der Waals surface area contributed by atoms with Gasteiger partial charge in [-0.25, -0.2) is 4.39 Å². The molecule has 1 heteroatoms. The van der Waals surface area contributed by atoms with Crippen LogP contribution in [0.3, 0.4) is 0 Å². The molecule has 0 radical (unpaired) electrons. The predicted molar refractivity (Wildman–Crippen MR) is 31.1 cm³/mol. The van der Waals surface area contributed by atoms with Gasteiger partial charge < -0.3 is 0 Å². The van der Waals surface area contributed by atoms with Crippen LogP contribution in [-0.2, 0) is 0 Å². The summed E-state index contributed by atoms with van der Waals surface area (Å²) in [4.78, 5) is 0. The van der Waals surface area contributed by atoms with Crippen LogP contribution in [0.25, 0.3) is 0 Å². The predicted octanol–water partition coefficient (Wildman–Crippen LogP) is 2.13. The summed E-state index contributed by atoms with van der Waals surface area (Å²) in [5, 5.41) is 0. The van der Waals surface area contributed by atoms with Gasteiger partial charge in [-0.1, -0.05) is 17.7 Å². The Morgan fingerprint density at radius 1 is 1.12 bits per heavy atom. The average Bonchev–Trinajstić information content (AvgIpc) is 1.77. The maximum atomic E-state index is 12.1. The number of hydrogen-bond donors (Lipinski definition) is 0. The largest absolute Gasteiger partial charge is 0.207 e. The molecule has 0 fully saturated rings. The van der Waals surface area contributed by atoms with Crippen molar-refractivity contribution in [3.63, 3.8) is 0 Å². The molecule has 8 heavy (non-hydrogen) atoms. The van der Waals surface area contributed by atoms with Gasteiger partial charge in [-0.05, 0) is 19.1 Å². The van der Waals surface area contributed by atoms with Crippen molar-refractivity contribution in [2.24, 2.45) is 0 Å². The SMILES string of the molecule is C[13c]1[13cH][13cH][13c](F)[13cH][13cH]1. The molecule has 0 aliphatic rings. The molecule has 0 spiro atoms. The van der Waals surface area contributed by atoms with E-state index in [1.807, 2.05) is 6.92 Å². The third kappa shape index (κ3) is 1.06. The third-order valence-corrected chi connectivity index (χ3v) is 1.01. The number of aryl methyl sites for hydroxylation is 1. The Bertz CT molecular complexity index is 143. The Balaban J connectivity index is 3.03. The first-order valence-corrected chi connectivity index (χ1v) is 2.51. The maximum absolute atomic E-state index is 12.1. The van der Waals surface area contributed by atoms with E-state index in [1.54, 1.807) is 12.1 Å². The van der Waals surface area contributed by atoms with E-state index in [1.165, 1.54) is 12.1 Å². The Morgan fingerprint density at radius 3 is 2.00 bits per heavy atom. The summed E-state index contributed by atoms with van der Waals surface area (Å²) < 4.78 is 12.1. The van der Waals surface area contributed by atoms with Gasteiger partial charge in [0.05, 0.1) is 0 Å². The van der Waals surface area contributed by atoms with E-state index in [0.29, 0.717) is 0 Å². The summed E-state index contributed by atoms with van der Waals surface area (Å²) in [6.07, 6.45) is 0. The van der Waals surface area contributed by atoms with Gasteiger partial charge in [0.15, 0.2) is 0 Å². The first-order valence-electron chi connectivity index (χ1n) is 2.51. The van der Waals surface area contributed by atoms with Crippen LogP contribution < -0.4 is 0 Å². The molecule has 0 aliphatic carbocycles. The van der Waals surface area contributed by atoms with Crippen LogP contribution in [0.1, 0.15) is 5.56 Å². The van der Waals surface area contributed by atoms with Gasteiger partial charge in [-0.15, -0.1) is 0 Å². The van der Waals surface area contributed by atoms with Crippen molar-refractivity contribution in [1.29, 1.82) is 0 Å². The minimum Gasteiger partial charge on any atom is -0.207 e. The third-order valence-electron chi connectivity index (χ3n) is 1.01. The van der Waals surface area contributed by atoms with Crippen molar-refractivity contribution >= 4 is 0 Å². The molecular formula is C7H7F. The van der Waals surface area contributed by atoms with Crippen LogP contribution in [0.15, 0.2) is 24.3 Å². The number of benzene rings is 1. The Hall–Kier alpha value is -0.850. The molecule has 0 amide bonds. The smallest absolute Gasteiger partial charge is 0.123 e. The fourth-order valence-electron chi connectivity index (χ4n) is 0.533. The van der Waals surface area contributed by atoms with E-state index in [-0.39, 0.29) is 5.82 Å². The van der Waals surface area contributed by atoms with Crippen LogP contribution in [0, 0.1) is 12.7 Å². The maximum Gasteiger partial charge on any atom is 0.123 e.